The fraction of sp³-hybridized carbons (Fsp3) is 0.0714. The van der Waals surface area contributed by atoms with Crippen molar-refractivity contribution in [1.29, 1.82) is 5.26 Å². The average Bonchev–Trinajstić information content (AvgIpc) is 3.16. The third kappa shape index (κ3) is 2.89. The lowest BCUT2D eigenvalue weighted by Crippen LogP contribution is -2.04. The molecule has 0 atom stereocenters. The van der Waals surface area contributed by atoms with Crippen LogP contribution in [0.15, 0.2) is 42.3 Å². The highest BCUT2D eigenvalue weighted by Gasteiger charge is 2.10. The Morgan fingerprint density at radius 2 is 2.33 bits per heavy atom. The van der Waals surface area contributed by atoms with Crippen LogP contribution in [-0.2, 0) is 6.54 Å². The van der Waals surface area contributed by atoms with Crippen LogP contribution in [-0.4, -0.2) is 14.8 Å². The highest BCUT2D eigenvalue weighted by Crippen LogP contribution is 2.28. The molecule has 0 aliphatic rings. The number of nitrogens with one attached hydrogen (secondary N) is 1. The molecule has 5 nitrogen and oxygen atoms in total. The molecule has 7 heteroatoms. The molecule has 2 aromatic heterocycles. The van der Waals surface area contributed by atoms with Gasteiger partial charge in [0.15, 0.2) is 0 Å². The number of para-hydroxylation sites is 1. The number of halogens is 1. The van der Waals surface area contributed by atoms with Gasteiger partial charge in [0.05, 0.1) is 16.3 Å². The van der Waals surface area contributed by atoms with E-state index in [0.29, 0.717) is 17.1 Å². The van der Waals surface area contributed by atoms with Gasteiger partial charge in [0.1, 0.15) is 24.4 Å². The van der Waals surface area contributed by atoms with Crippen molar-refractivity contribution in [3.63, 3.8) is 0 Å². The maximum atomic E-state index is 8.84. The average molecular weight is 316 g/mol. The second kappa shape index (κ2) is 5.95. The first kappa shape index (κ1) is 13.6. The lowest BCUT2D eigenvalue weighted by atomic mass is 10.2. The first-order valence-corrected chi connectivity index (χ1v) is 7.38. The van der Waals surface area contributed by atoms with Crippen molar-refractivity contribution in [2.45, 2.75) is 6.54 Å². The van der Waals surface area contributed by atoms with E-state index in [1.54, 1.807) is 22.3 Å². The number of nitrogens with zero attached hydrogens (tertiary/aromatic N) is 4. The van der Waals surface area contributed by atoms with Crippen molar-refractivity contribution in [2.24, 2.45) is 0 Å². The van der Waals surface area contributed by atoms with Gasteiger partial charge in [-0.15, -0.1) is 11.3 Å². The summed E-state index contributed by atoms with van der Waals surface area (Å²) in [5.41, 5.74) is 2.30. The van der Waals surface area contributed by atoms with Crippen molar-refractivity contribution < 1.29 is 0 Å². The van der Waals surface area contributed by atoms with Crippen LogP contribution in [0.3, 0.4) is 0 Å². The van der Waals surface area contributed by atoms with E-state index in [1.165, 1.54) is 6.33 Å². The summed E-state index contributed by atoms with van der Waals surface area (Å²) in [6.07, 6.45) is 3.07. The molecular formula is C14H10ClN5S. The number of hydrogen-bond acceptors (Lipinski definition) is 5. The molecule has 0 fully saturated rings. The van der Waals surface area contributed by atoms with Gasteiger partial charge in [0.2, 0.25) is 0 Å². The Morgan fingerprint density at radius 1 is 1.43 bits per heavy atom. The van der Waals surface area contributed by atoms with E-state index >= 15 is 0 Å². The van der Waals surface area contributed by atoms with Crippen LogP contribution < -0.4 is 5.32 Å². The van der Waals surface area contributed by atoms with Gasteiger partial charge in [-0.25, -0.2) is 9.67 Å². The molecule has 1 N–H and O–H groups in total. The minimum atomic E-state index is 0.592. The molecule has 3 aromatic rings. The minimum Gasteiger partial charge on any atom is -0.378 e. The normalized spacial score (nSPS) is 10.3. The summed E-state index contributed by atoms with van der Waals surface area (Å²) in [6, 6.07) is 9.62. The van der Waals surface area contributed by atoms with Gasteiger partial charge in [-0.3, -0.25) is 0 Å². The molecule has 0 aliphatic carbocycles. The van der Waals surface area contributed by atoms with Crippen molar-refractivity contribution in [3.05, 3.63) is 57.8 Å². The van der Waals surface area contributed by atoms with Gasteiger partial charge in [-0.2, -0.15) is 10.4 Å². The van der Waals surface area contributed by atoms with Crippen molar-refractivity contribution in [1.82, 2.24) is 14.8 Å². The smallest absolute Gasteiger partial charge is 0.138 e. The summed E-state index contributed by atoms with van der Waals surface area (Å²) in [5.74, 6) is 0. The molecule has 0 aliphatic heterocycles. The Kier molecular flexibility index (Phi) is 3.86. The molecule has 0 unspecified atom stereocenters. The van der Waals surface area contributed by atoms with Crippen LogP contribution in [0.1, 0.15) is 10.4 Å². The number of nitriles is 1. The zero-order chi connectivity index (χ0) is 14.7. The van der Waals surface area contributed by atoms with E-state index in [0.717, 1.165) is 16.3 Å². The van der Waals surface area contributed by atoms with E-state index in [-0.39, 0.29) is 0 Å². The second-order valence-electron chi connectivity index (χ2n) is 4.24. The monoisotopic (exact) mass is 315 g/mol. The van der Waals surface area contributed by atoms with Gasteiger partial charge >= 0.3 is 0 Å². The predicted octanol–water partition coefficient (Wildman–Crippen LogP) is 3.47. The quantitative estimate of drug-likeness (QED) is 0.800. The number of hydrogen-bond donors (Lipinski definition) is 1. The number of benzene rings is 1. The van der Waals surface area contributed by atoms with E-state index < -0.39 is 0 Å². The van der Waals surface area contributed by atoms with E-state index in [1.807, 2.05) is 29.6 Å². The van der Waals surface area contributed by atoms with Crippen molar-refractivity contribution in [2.75, 3.05) is 5.32 Å². The van der Waals surface area contributed by atoms with Crippen LogP contribution in [0.2, 0.25) is 5.02 Å². The fourth-order valence-electron chi connectivity index (χ4n) is 1.93. The highest BCUT2D eigenvalue weighted by atomic mass is 35.5. The Hall–Kier alpha value is -2.36. The molecule has 0 amide bonds. The topological polar surface area (TPSA) is 66.5 Å². The number of thiophene rings is 1. The van der Waals surface area contributed by atoms with Crippen molar-refractivity contribution >= 4 is 28.6 Å². The Balaban J connectivity index is 1.86. The van der Waals surface area contributed by atoms with E-state index in [9.17, 15) is 0 Å². The number of anilines is 1. The van der Waals surface area contributed by atoms with Gasteiger partial charge in [0.25, 0.3) is 0 Å². The molecule has 0 spiro atoms. The van der Waals surface area contributed by atoms with Gasteiger partial charge in [-0.05, 0) is 18.2 Å². The fourth-order valence-corrected chi connectivity index (χ4v) is 2.94. The predicted molar refractivity (Wildman–Crippen MR) is 82.7 cm³/mol. The van der Waals surface area contributed by atoms with Crippen LogP contribution >= 0.6 is 22.9 Å². The second-order valence-corrected chi connectivity index (χ2v) is 5.65. The summed E-state index contributed by atoms with van der Waals surface area (Å²) < 4.78 is 1.62. The molecule has 21 heavy (non-hydrogen) atoms. The van der Waals surface area contributed by atoms with E-state index in [4.69, 9.17) is 16.9 Å². The summed E-state index contributed by atoms with van der Waals surface area (Å²) in [6.45, 7) is 0.619. The molecular weight excluding hydrogens is 306 g/mol. The first-order chi connectivity index (χ1) is 10.3. The van der Waals surface area contributed by atoms with Crippen LogP contribution in [0, 0.1) is 11.3 Å². The van der Waals surface area contributed by atoms with Crippen LogP contribution in [0.4, 0.5) is 5.69 Å². The molecule has 0 saturated heterocycles. The Bertz CT molecular complexity index is 788. The summed E-state index contributed by atoms with van der Waals surface area (Å²) in [4.78, 5) is 5.02. The van der Waals surface area contributed by atoms with Crippen LogP contribution in [0.5, 0.6) is 0 Å². The zero-order valence-electron chi connectivity index (χ0n) is 10.8. The van der Waals surface area contributed by atoms with Crippen molar-refractivity contribution in [3.8, 4) is 11.8 Å². The van der Waals surface area contributed by atoms with E-state index in [2.05, 4.69) is 21.5 Å². The first-order valence-electron chi connectivity index (χ1n) is 6.13. The molecule has 0 saturated carbocycles. The number of rotatable bonds is 4. The van der Waals surface area contributed by atoms with Gasteiger partial charge < -0.3 is 5.32 Å². The van der Waals surface area contributed by atoms with Gasteiger partial charge in [-0.1, -0.05) is 17.7 Å². The minimum absolute atomic E-state index is 0.592. The molecule has 2 heterocycles. The molecule has 3 rings (SSSR count). The molecule has 104 valence electrons. The SMILES string of the molecule is N#Cc1csc(CNc2cccc(Cl)c2-n2cncn2)c1. The third-order valence-electron chi connectivity index (χ3n) is 2.87. The molecule has 0 bridgehead atoms. The standard InChI is InChI=1S/C14H10ClN5S/c15-12-2-1-3-13(14(12)20-9-17-8-19-20)18-6-11-4-10(5-16)7-21-11/h1-4,7-9,18H,6H2. The third-order valence-corrected chi connectivity index (χ3v) is 4.11. The van der Waals surface area contributed by atoms with Crippen LogP contribution in [0.25, 0.3) is 5.69 Å². The Labute approximate surface area is 130 Å². The molecule has 0 radical (unpaired) electrons. The Morgan fingerprint density at radius 3 is 3.05 bits per heavy atom. The highest BCUT2D eigenvalue weighted by molar-refractivity contribution is 7.10. The summed E-state index contributed by atoms with van der Waals surface area (Å²) >= 11 is 7.81. The molecule has 1 aromatic carbocycles. The summed E-state index contributed by atoms with van der Waals surface area (Å²) in [7, 11) is 0. The maximum Gasteiger partial charge on any atom is 0.138 e. The zero-order valence-corrected chi connectivity index (χ0v) is 12.4. The lowest BCUT2D eigenvalue weighted by Gasteiger charge is -2.12. The van der Waals surface area contributed by atoms with Gasteiger partial charge in [0, 0.05) is 16.8 Å². The lowest BCUT2D eigenvalue weighted by molar-refractivity contribution is 0.878. The summed E-state index contributed by atoms with van der Waals surface area (Å²) in [5, 5.41) is 18.7. The maximum absolute atomic E-state index is 8.84. The largest absolute Gasteiger partial charge is 0.378 e. The number of aromatic nitrogens is 3.